The van der Waals surface area contributed by atoms with Gasteiger partial charge in [-0.2, -0.15) is 0 Å². The highest BCUT2D eigenvalue weighted by Gasteiger charge is 2.27. The first-order valence-electron chi connectivity index (χ1n) is 7.95. The van der Waals surface area contributed by atoms with Crippen LogP contribution in [0.4, 0.5) is 0 Å². The van der Waals surface area contributed by atoms with Gasteiger partial charge in [-0.3, -0.25) is 4.79 Å². The highest BCUT2D eigenvalue weighted by molar-refractivity contribution is 6.31. The summed E-state index contributed by atoms with van der Waals surface area (Å²) in [6.45, 7) is 7.54. The van der Waals surface area contributed by atoms with Crippen molar-refractivity contribution in [3.63, 3.8) is 0 Å². The Morgan fingerprint density at radius 1 is 1.39 bits per heavy atom. The lowest BCUT2D eigenvalue weighted by Gasteiger charge is -2.34. The average Bonchev–Trinajstić information content (AvgIpc) is 2.52. The lowest BCUT2D eigenvalue weighted by atomic mass is 9.81. The number of benzene rings is 1. The van der Waals surface area contributed by atoms with Crippen LogP contribution in [0.1, 0.15) is 43.5 Å². The number of halogens is 2. The predicted molar refractivity (Wildman–Crippen MR) is 97.0 cm³/mol. The minimum Gasteiger partial charge on any atom is -0.493 e. The van der Waals surface area contributed by atoms with Crippen molar-refractivity contribution in [1.82, 2.24) is 10.6 Å². The third-order valence-corrected chi connectivity index (χ3v) is 4.37. The van der Waals surface area contributed by atoms with E-state index < -0.39 is 0 Å². The van der Waals surface area contributed by atoms with E-state index in [4.69, 9.17) is 16.3 Å². The molecule has 1 aromatic carbocycles. The number of carbonyl (C=O) groups excluding carboxylic acids is 1. The number of hydrogen-bond acceptors (Lipinski definition) is 3. The zero-order valence-electron chi connectivity index (χ0n) is 13.8. The minimum atomic E-state index is -0.117. The molecule has 23 heavy (non-hydrogen) atoms. The molecule has 0 aliphatic carbocycles. The first-order chi connectivity index (χ1) is 10.5. The van der Waals surface area contributed by atoms with Crippen LogP contribution in [0, 0.1) is 5.41 Å². The Morgan fingerprint density at radius 3 is 2.74 bits per heavy atom. The van der Waals surface area contributed by atoms with Gasteiger partial charge in [-0.05, 0) is 56.0 Å². The van der Waals surface area contributed by atoms with Crippen LogP contribution < -0.4 is 15.4 Å². The van der Waals surface area contributed by atoms with Crippen molar-refractivity contribution >= 4 is 29.9 Å². The Kier molecular flexibility index (Phi) is 8.17. The Morgan fingerprint density at radius 2 is 2.09 bits per heavy atom. The molecule has 0 bridgehead atoms. The van der Waals surface area contributed by atoms with Crippen LogP contribution in [0.25, 0.3) is 0 Å². The summed E-state index contributed by atoms with van der Waals surface area (Å²) >= 11 is 6.03. The number of hydrogen-bond donors (Lipinski definition) is 2. The second-order valence-corrected chi connectivity index (χ2v) is 6.67. The van der Waals surface area contributed by atoms with Gasteiger partial charge in [0.1, 0.15) is 5.75 Å². The number of nitrogens with one attached hydrogen (secondary N) is 2. The van der Waals surface area contributed by atoms with E-state index in [1.165, 1.54) is 0 Å². The van der Waals surface area contributed by atoms with Crippen molar-refractivity contribution in [2.45, 2.75) is 33.1 Å². The van der Waals surface area contributed by atoms with Gasteiger partial charge in [0.05, 0.1) is 12.2 Å². The van der Waals surface area contributed by atoms with E-state index in [2.05, 4.69) is 17.6 Å². The van der Waals surface area contributed by atoms with Crippen molar-refractivity contribution in [1.29, 1.82) is 0 Å². The Hall–Kier alpha value is -0.970. The monoisotopic (exact) mass is 360 g/mol. The van der Waals surface area contributed by atoms with Gasteiger partial charge in [0.15, 0.2) is 0 Å². The Labute approximate surface area is 149 Å². The van der Waals surface area contributed by atoms with E-state index in [0.717, 1.165) is 32.4 Å². The zero-order chi connectivity index (χ0) is 16.0. The van der Waals surface area contributed by atoms with E-state index in [0.29, 0.717) is 29.5 Å². The molecule has 1 aliphatic heterocycles. The van der Waals surface area contributed by atoms with Crippen molar-refractivity contribution in [2.24, 2.45) is 5.41 Å². The van der Waals surface area contributed by atoms with Gasteiger partial charge in [0, 0.05) is 11.6 Å². The standard InChI is InChI=1S/C17H25ClN2O2.ClH/c1-3-10-22-15-5-4-13(18)11-14(15)16(21)20-12-17(2)6-8-19-9-7-17;/h4-5,11,19H,3,6-10,12H2,1-2H3,(H,20,21);1H. The maximum Gasteiger partial charge on any atom is 0.255 e. The molecular weight excluding hydrogens is 335 g/mol. The first kappa shape index (κ1) is 20.1. The fraction of sp³-hybridized carbons (Fsp3) is 0.588. The molecule has 1 heterocycles. The van der Waals surface area contributed by atoms with Crippen LogP contribution in [-0.2, 0) is 0 Å². The summed E-state index contributed by atoms with van der Waals surface area (Å²) in [5.74, 6) is 0.479. The van der Waals surface area contributed by atoms with Gasteiger partial charge < -0.3 is 15.4 Å². The van der Waals surface area contributed by atoms with Crippen molar-refractivity contribution in [3.05, 3.63) is 28.8 Å². The third-order valence-electron chi connectivity index (χ3n) is 4.13. The molecule has 1 fully saturated rings. The number of piperidine rings is 1. The smallest absolute Gasteiger partial charge is 0.255 e. The zero-order valence-corrected chi connectivity index (χ0v) is 15.4. The van der Waals surface area contributed by atoms with Crippen LogP contribution >= 0.6 is 24.0 Å². The molecule has 2 rings (SSSR count). The maximum absolute atomic E-state index is 12.5. The van der Waals surface area contributed by atoms with Gasteiger partial charge >= 0.3 is 0 Å². The lowest BCUT2D eigenvalue weighted by Crippen LogP contribution is -2.43. The molecule has 1 amide bonds. The molecule has 4 nitrogen and oxygen atoms in total. The second-order valence-electron chi connectivity index (χ2n) is 6.23. The maximum atomic E-state index is 12.5. The van der Waals surface area contributed by atoms with Crippen molar-refractivity contribution < 1.29 is 9.53 Å². The van der Waals surface area contributed by atoms with Gasteiger partial charge in [-0.15, -0.1) is 12.4 Å². The van der Waals surface area contributed by atoms with E-state index in [1.54, 1.807) is 18.2 Å². The van der Waals surface area contributed by atoms with Crippen molar-refractivity contribution in [3.8, 4) is 5.75 Å². The van der Waals surface area contributed by atoms with Gasteiger partial charge in [-0.25, -0.2) is 0 Å². The summed E-state index contributed by atoms with van der Waals surface area (Å²) in [4.78, 5) is 12.5. The van der Waals surface area contributed by atoms with E-state index in [1.807, 2.05) is 6.92 Å². The third kappa shape index (κ3) is 5.87. The van der Waals surface area contributed by atoms with Gasteiger partial charge in [0.25, 0.3) is 5.91 Å². The van der Waals surface area contributed by atoms with Gasteiger partial charge in [0.2, 0.25) is 0 Å². The van der Waals surface area contributed by atoms with Crippen LogP contribution in [0.15, 0.2) is 18.2 Å². The molecular formula is C17H26Cl2N2O2. The van der Waals surface area contributed by atoms with Crippen LogP contribution in [0.2, 0.25) is 5.02 Å². The molecule has 1 aliphatic rings. The molecule has 1 aromatic rings. The Balaban J connectivity index is 0.00000264. The molecule has 0 aromatic heterocycles. The number of rotatable bonds is 6. The summed E-state index contributed by atoms with van der Waals surface area (Å²) < 4.78 is 5.65. The number of carbonyl (C=O) groups is 1. The highest BCUT2D eigenvalue weighted by Crippen LogP contribution is 2.28. The van der Waals surface area contributed by atoms with Crippen LogP contribution in [0.3, 0.4) is 0 Å². The molecule has 0 radical (unpaired) electrons. The molecule has 0 spiro atoms. The second kappa shape index (κ2) is 9.36. The highest BCUT2D eigenvalue weighted by atomic mass is 35.5. The quantitative estimate of drug-likeness (QED) is 0.813. The van der Waals surface area contributed by atoms with E-state index in [9.17, 15) is 4.79 Å². The molecule has 130 valence electrons. The molecule has 1 saturated heterocycles. The summed E-state index contributed by atoms with van der Waals surface area (Å²) in [5, 5.41) is 6.94. The summed E-state index contributed by atoms with van der Waals surface area (Å²) in [6, 6.07) is 5.18. The molecule has 6 heteroatoms. The largest absolute Gasteiger partial charge is 0.493 e. The number of amides is 1. The normalized spacial score (nSPS) is 16.3. The molecule has 0 atom stereocenters. The van der Waals surface area contributed by atoms with Gasteiger partial charge in [-0.1, -0.05) is 25.4 Å². The summed E-state index contributed by atoms with van der Waals surface area (Å²) in [6.07, 6.45) is 3.04. The first-order valence-corrected chi connectivity index (χ1v) is 8.33. The fourth-order valence-corrected chi connectivity index (χ4v) is 2.79. The minimum absolute atomic E-state index is 0. The lowest BCUT2D eigenvalue weighted by molar-refractivity contribution is 0.0918. The van der Waals surface area contributed by atoms with Crippen molar-refractivity contribution in [2.75, 3.05) is 26.2 Å². The molecule has 2 N–H and O–H groups in total. The Bertz CT molecular complexity index is 517. The SMILES string of the molecule is CCCOc1ccc(Cl)cc1C(=O)NCC1(C)CCNCC1.Cl. The molecule has 0 unspecified atom stereocenters. The summed E-state index contributed by atoms with van der Waals surface area (Å²) in [7, 11) is 0. The fourth-order valence-electron chi connectivity index (χ4n) is 2.61. The average molecular weight is 361 g/mol. The molecule has 0 saturated carbocycles. The predicted octanol–water partition coefficient (Wildman–Crippen LogP) is 3.67. The van der Waals surface area contributed by atoms with E-state index >= 15 is 0 Å². The topological polar surface area (TPSA) is 50.4 Å². The van der Waals surface area contributed by atoms with E-state index in [-0.39, 0.29) is 23.7 Å². The van der Waals surface area contributed by atoms with Crippen LogP contribution in [0.5, 0.6) is 5.75 Å². The van der Waals surface area contributed by atoms with Crippen LogP contribution in [-0.4, -0.2) is 32.1 Å². The number of ether oxygens (including phenoxy) is 1. The summed E-state index contributed by atoms with van der Waals surface area (Å²) in [5.41, 5.74) is 0.669.